The molecule has 0 saturated carbocycles. The van der Waals surface area contributed by atoms with Crippen molar-refractivity contribution in [1.82, 2.24) is 20.3 Å². The van der Waals surface area contributed by atoms with Crippen LogP contribution in [0.1, 0.15) is 32.1 Å². The molecule has 11 heteroatoms. The molecule has 1 aromatic heterocycles. The van der Waals surface area contributed by atoms with Crippen LogP contribution in [0.25, 0.3) is 5.69 Å². The van der Waals surface area contributed by atoms with E-state index in [1.165, 1.54) is 4.80 Å². The van der Waals surface area contributed by atoms with Crippen LogP contribution in [0.5, 0.6) is 0 Å². The van der Waals surface area contributed by atoms with E-state index in [-0.39, 0.29) is 27.7 Å². The molecule has 0 aliphatic heterocycles. The first kappa shape index (κ1) is 25.9. The van der Waals surface area contributed by atoms with E-state index in [1.54, 1.807) is 61.5 Å². The molecule has 0 aliphatic rings. The fourth-order valence-electron chi connectivity index (χ4n) is 3.56. The third-order valence-electron chi connectivity index (χ3n) is 5.43. The molecule has 3 aromatic carbocycles. The molecule has 1 atom stereocenters. The Hall–Kier alpha value is -4.21. The highest BCUT2D eigenvalue weighted by Crippen LogP contribution is 2.25. The summed E-state index contributed by atoms with van der Waals surface area (Å²) in [7, 11) is 0. The third kappa shape index (κ3) is 6.14. The summed E-state index contributed by atoms with van der Waals surface area (Å²) >= 11 is 12.2. The number of carbonyl (C=O) groups excluding carboxylic acids is 2. The molecule has 0 radical (unpaired) electrons. The van der Waals surface area contributed by atoms with Gasteiger partial charge in [-0.25, -0.2) is 4.79 Å². The molecule has 0 aliphatic carbocycles. The van der Waals surface area contributed by atoms with Gasteiger partial charge >= 0.3 is 5.97 Å². The molecule has 4 rings (SSSR count). The molecule has 3 N–H and O–H groups in total. The van der Waals surface area contributed by atoms with Gasteiger partial charge < -0.3 is 15.7 Å². The Balaban J connectivity index is 1.43. The van der Waals surface area contributed by atoms with E-state index in [1.807, 2.05) is 18.2 Å². The molecule has 4 aromatic rings. The van der Waals surface area contributed by atoms with E-state index in [4.69, 9.17) is 23.2 Å². The number of hydrogen-bond acceptors (Lipinski definition) is 5. The lowest BCUT2D eigenvalue weighted by Gasteiger charge is -2.14. The van der Waals surface area contributed by atoms with Gasteiger partial charge in [-0.05, 0) is 48.9 Å². The van der Waals surface area contributed by atoms with Gasteiger partial charge in [-0.1, -0.05) is 59.6 Å². The average Bonchev–Trinajstić information content (AvgIpc) is 3.27. The highest BCUT2D eigenvalue weighted by Gasteiger charge is 2.24. The fraction of sp³-hybridized carbons (Fsp3) is 0.115. The van der Waals surface area contributed by atoms with Crippen molar-refractivity contribution in [2.75, 3.05) is 5.32 Å². The van der Waals surface area contributed by atoms with Gasteiger partial charge in [0.05, 0.1) is 27.0 Å². The third-order valence-corrected chi connectivity index (χ3v) is 6.06. The van der Waals surface area contributed by atoms with Crippen molar-refractivity contribution >= 4 is 46.7 Å². The number of rotatable bonds is 8. The summed E-state index contributed by atoms with van der Waals surface area (Å²) in [6, 6.07) is 19.2. The second-order valence-corrected chi connectivity index (χ2v) is 8.89. The Morgan fingerprint density at radius 1 is 0.892 bits per heavy atom. The molecular weight excluding hydrogens is 517 g/mol. The lowest BCUT2D eigenvalue weighted by molar-refractivity contribution is -0.139. The van der Waals surface area contributed by atoms with Gasteiger partial charge in [0.25, 0.3) is 11.8 Å². The number of para-hydroxylation sites is 1. The van der Waals surface area contributed by atoms with E-state index in [0.29, 0.717) is 22.6 Å². The van der Waals surface area contributed by atoms with Gasteiger partial charge in [0.1, 0.15) is 6.04 Å². The van der Waals surface area contributed by atoms with Gasteiger partial charge in [-0.3, -0.25) is 9.59 Å². The molecular formula is C26H21Cl2N5O4. The number of halogens is 2. The second kappa shape index (κ2) is 11.2. The largest absolute Gasteiger partial charge is 0.480 e. The van der Waals surface area contributed by atoms with Gasteiger partial charge in [0.15, 0.2) is 5.69 Å². The van der Waals surface area contributed by atoms with Gasteiger partial charge in [0.2, 0.25) is 0 Å². The Labute approximate surface area is 222 Å². The van der Waals surface area contributed by atoms with Crippen LogP contribution in [0, 0.1) is 6.92 Å². The number of carboxylic acid groups (broad SMARTS) is 1. The maximum absolute atomic E-state index is 12.8. The monoisotopic (exact) mass is 537 g/mol. The van der Waals surface area contributed by atoms with Gasteiger partial charge in [-0.2, -0.15) is 9.90 Å². The first-order valence-electron chi connectivity index (χ1n) is 11.1. The summed E-state index contributed by atoms with van der Waals surface area (Å²) in [5.74, 6) is -2.32. The maximum atomic E-state index is 12.8. The maximum Gasteiger partial charge on any atom is 0.326 e. The lowest BCUT2D eigenvalue weighted by atomic mass is 10.1. The van der Waals surface area contributed by atoms with Crippen LogP contribution in [0.3, 0.4) is 0 Å². The number of hydrogen-bond donors (Lipinski definition) is 3. The lowest BCUT2D eigenvalue weighted by Crippen LogP contribution is -2.42. The van der Waals surface area contributed by atoms with E-state index >= 15 is 0 Å². The predicted octanol–water partition coefficient (Wildman–Crippen LogP) is 4.56. The summed E-state index contributed by atoms with van der Waals surface area (Å²) in [5, 5.41) is 23.8. The number of benzene rings is 3. The van der Waals surface area contributed by atoms with Crippen molar-refractivity contribution in [1.29, 1.82) is 0 Å². The molecule has 0 unspecified atom stereocenters. The molecule has 2 amide bonds. The minimum atomic E-state index is -1.21. The number of carboxylic acids is 1. The molecule has 0 spiro atoms. The molecule has 0 bridgehead atoms. The normalized spacial score (nSPS) is 11.5. The van der Waals surface area contributed by atoms with Crippen molar-refractivity contribution in [2.45, 2.75) is 19.4 Å². The van der Waals surface area contributed by atoms with E-state index < -0.39 is 23.8 Å². The Kier molecular flexibility index (Phi) is 7.86. The Bertz CT molecular complexity index is 1440. The van der Waals surface area contributed by atoms with Crippen LogP contribution in [-0.4, -0.2) is 43.9 Å². The number of aryl methyl sites for hydroxylation is 1. The van der Waals surface area contributed by atoms with E-state index in [2.05, 4.69) is 20.8 Å². The summed E-state index contributed by atoms with van der Waals surface area (Å²) < 4.78 is 0. The standard InChI is InChI=1S/C26H21Cl2N5O4/c1-15-23(32-33(31-15)18-6-3-2-4-7-18)25(35)30-21(26(36)37)14-16-10-12-17(13-11-16)29-24(34)22-19(27)8-5-9-20(22)28/h2-13,21H,14H2,1H3,(H,29,34)(H,30,35)(H,36,37)/t21-/m0/s1. The second-order valence-electron chi connectivity index (χ2n) is 8.08. The smallest absolute Gasteiger partial charge is 0.326 e. The Morgan fingerprint density at radius 2 is 1.54 bits per heavy atom. The molecule has 0 fully saturated rings. The quantitative estimate of drug-likeness (QED) is 0.302. The summed E-state index contributed by atoms with van der Waals surface area (Å²) in [4.78, 5) is 38.6. The topological polar surface area (TPSA) is 126 Å². The zero-order valence-corrected chi connectivity index (χ0v) is 21.0. The minimum Gasteiger partial charge on any atom is -0.480 e. The number of anilines is 1. The van der Waals surface area contributed by atoms with Crippen molar-refractivity contribution in [3.05, 3.63) is 105 Å². The first-order chi connectivity index (χ1) is 17.7. The summed E-state index contributed by atoms with van der Waals surface area (Å²) in [5.41, 5.74) is 2.32. The summed E-state index contributed by atoms with van der Waals surface area (Å²) in [6.07, 6.45) is 0.0114. The van der Waals surface area contributed by atoms with Crippen LogP contribution in [0.15, 0.2) is 72.8 Å². The van der Waals surface area contributed by atoms with Crippen LogP contribution < -0.4 is 10.6 Å². The average molecular weight is 538 g/mol. The number of nitrogens with zero attached hydrogens (tertiary/aromatic N) is 3. The van der Waals surface area contributed by atoms with E-state index in [9.17, 15) is 19.5 Å². The van der Waals surface area contributed by atoms with Crippen molar-refractivity contribution in [3.63, 3.8) is 0 Å². The van der Waals surface area contributed by atoms with Gasteiger partial charge in [0, 0.05) is 12.1 Å². The molecule has 37 heavy (non-hydrogen) atoms. The zero-order chi connectivity index (χ0) is 26.5. The van der Waals surface area contributed by atoms with Crippen molar-refractivity contribution < 1.29 is 19.5 Å². The van der Waals surface area contributed by atoms with Crippen LogP contribution in [0.4, 0.5) is 5.69 Å². The molecule has 9 nitrogen and oxygen atoms in total. The van der Waals surface area contributed by atoms with Crippen LogP contribution >= 0.6 is 23.2 Å². The molecule has 0 saturated heterocycles. The van der Waals surface area contributed by atoms with Crippen molar-refractivity contribution in [3.8, 4) is 5.69 Å². The minimum absolute atomic E-state index is 0.0114. The predicted molar refractivity (Wildman–Crippen MR) is 140 cm³/mol. The molecule has 1 heterocycles. The fourth-order valence-corrected chi connectivity index (χ4v) is 4.13. The SMILES string of the molecule is Cc1nn(-c2ccccc2)nc1C(=O)N[C@@H](Cc1ccc(NC(=O)c2c(Cl)cccc2Cl)cc1)C(=O)O. The van der Waals surface area contributed by atoms with Crippen molar-refractivity contribution in [2.24, 2.45) is 0 Å². The van der Waals surface area contributed by atoms with Gasteiger partial charge in [-0.15, -0.1) is 5.10 Å². The van der Waals surface area contributed by atoms with Crippen LogP contribution in [0.2, 0.25) is 10.0 Å². The first-order valence-corrected chi connectivity index (χ1v) is 11.9. The molecule has 188 valence electrons. The highest BCUT2D eigenvalue weighted by atomic mass is 35.5. The summed E-state index contributed by atoms with van der Waals surface area (Å²) in [6.45, 7) is 1.62. The Morgan fingerprint density at radius 3 is 2.16 bits per heavy atom. The number of amides is 2. The van der Waals surface area contributed by atoms with E-state index in [0.717, 1.165) is 0 Å². The zero-order valence-electron chi connectivity index (χ0n) is 19.5. The van der Waals surface area contributed by atoms with Crippen LogP contribution in [-0.2, 0) is 11.2 Å². The highest BCUT2D eigenvalue weighted by molar-refractivity contribution is 6.40. The number of aromatic nitrogens is 3. The number of carbonyl (C=O) groups is 3. The number of aliphatic carboxylic acids is 1. The number of nitrogens with one attached hydrogen (secondary N) is 2.